The van der Waals surface area contributed by atoms with Crippen LogP contribution >= 0.6 is 0 Å². The summed E-state index contributed by atoms with van der Waals surface area (Å²) in [7, 11) is 0. The molecule has 0 N–H and O–H groups in total. The molecule has 2 saturated heterocycles. The van der Waals surface area contributed by atoms with E-state index in [2.05, 4.69) is 42.4 Å². The topological polar surface area (TPSA) is 9.72 Å². The summed E-state index contributed by atoms with van der Waals surface area (Å²) in [5, 5.41) is 0. The Morgan fingerprint density at radius 2 is 1.54 bits per heavy atom. The second kappa shape index (κ2) is 7.37. The quantitative estimate of drug-likeness (QED) is 0.680. The lowest BCUT2D eigenvalue weighted by Crippen LogP contribution is -2.52. The highest BCUT2D eigenvalue weighted by Gasteiger charge is 2.51. The number of nitrogens with zero attached hydrogens (tertiary/aromatic N) is 3. The van der Waals surface area contributed by atoms with Crippen LogP contribution < -0.4 is 0 Å². The predicted molar refractivity (Wildman–Crippen MR) is 110 cm³/mol. The standard InChI is InChI=1S/C23H43N3/c1-19(2)13-22(5-6-22)17-25-8-7-23(18-25)14-21(15-23)16-24-9-11-26(12-10-24)20(3)4/h19-21H,5-18H2,1-4H3/t21-,23-. The number of hydrogen-bond donors (Lipinski definition) is 0. The maximum absolute atomic E-state index is 2.85. The highest BCUT2D eigenvalue weighted by atomic mass is 15.3. The third-order valence-corrected chi connectivity index (χ3v) is 7.97. The second-order valence-corrected chi connectivity index (χ2v) is 11.3. The predicted octanol–water partition coefficient (Wildman–Crippen LogP) is 3.94. The highest BCUT2D eigenvalue weighted by Crippen LogP contribution is 2.55. The maximum Gasteiger partial charge on any atom is 0.0113 e. The molecule has 1 spiro atoms. The number of rotatable bonds is 7. The van der Waals surface area contributed by atoms with Crippen LogP contribution in [0.15, 0.2) is 0 Å². The molecule has 0 amide bonds. The van der Waals surface area contributed by atoms with Crippen LogP contribution in [0.2, 0.25) is 0 Å². The molecule has 150 valence electrons. The van der Waals surface area contributed by atoms with Crippen molar-refractivity contribution in [3.05, 3.63) is 0 Å². The van der Waals surface area contributed by atoms with E-state index in [1.165, 1.54) is 90.9 Å². The van der Waals surface area contributed by atoms with Gasteiger partial charge in [0.15, 0.2) is 0 Å². The van der Waals surface area contributed by atoms with Gasteiger partial charge in [-0.3, -0.25) is 4.90 Å². The molecular weight excluding hydrogens is 318 g/mol. The Labute approximate surface area is 162 Å². The summed E-state index contributed by atoms with van der Waals surface area (Å²) in [5.41, 5.74) is 1.44. The Kier molecular flexibility index (Phi) is 5.44. The van der Waals surface area contributed by atoms with Crippen LogP contribution in [0.5, 0.6) is 0 Å². The van der Waals surface area contributed by atoms with Gasteiger partial charge in [-0.15, -0.1) is 0 Å². The van der Waals surface area contributed by atoms with E-state index in [0.717, 1.165) is 28.7 Å². The van der Waals surface area contributed by atoms with Crippen LogP contribution in [0.1, 0.15) is 66.2 Å². The average Bonchev–Trinajstić information content (AvgIpc) is 3.15. The summed E-state index contributed by atoms with van der Waals surface area (Å²) in [5.74, 6) is 1.87. The molecule has 4 fully saturated rings. The van der Waals surface area contributed by atoms with E-state index in [4.69, 9.17) is 0 Å². The first-order chi connectivity index (χ1) is 12.4. The van der Waals surface area contributed by atoms with Crippen molar-refractivity contribution in [3.63, 3.8) is 0 Å². The van der Waals surface area contributed by atoms with Crippen LogP contribution in [-0.4, -0.2) is 73.1 Å². The molecule has 2 aliphatic heterocycles. The molecule has 2 aliphatic carbocycles. The summed E-state index contributed by atoms with van der Waals surface area (Å²) < 4.78 is 0. The lowest BCUT2D eigenvalue weighted by Gasteiger charge is -2.48. The van der Waals surface area contributed by atoms with Crippen LogP contribution in [0.3, 0.4) is 0 Å². The largest absolute Gasteiger partial charge is 0.302 e. The molecule has 0 aromatic heterocycles. The normalized spacial score (nSPS) is 35.5. The Bertz CT molecular complexity index is 468. The average molecular weight is 362 g/mol. The van der Waals surface area contributed by atoms with Gasteiger partial charge in [0.05, 0.1) is 0 Å². The summed E-state index contributed by atoms with van der Waals surface area (Å²) in [4.78, 5) is 8.25. The van der Waals surface area contributed by atoms with Gasteiger partial charge in [-0.05, 0) is 81.6 Å². The number of hydrogen-bond acceptors (Lipinski definition) is 3. The van der Waals surface area contributed by atoms with E-state index in [9.17, 15) is 0 Å². The Morgan fingerprint density at radius 3 is 2.12 bits per heavy atom. The molecule has 0 aromatic rings. The molecule has 3 heteroatoms. The summed E-state index contributed by atoms with van der Waals surface area (Å²) in [6.45, 7) is 20.2. The van der Waals surface area contributed by atoms with E-state index in [1.54, 1.807) is 0 Å². The van der Waals surface area contributed by atoms with Crippen molar-refractivity contribution in [2.75, 3.05) is 52.4 Å². The van der Waals surface area contributed by atoms with Crippen molar-refractivity contribution in [2.45, 2.75) is 72.3 Å². The molecule has 2 saturated carbocycles. The smallest absolute Gasteiger partial charge is 0.0113 e. The zero-order valence-electron chi connectivity index (χ0n) is 18.0. The van der Waals surface area contributed by atoms with Gasteiger partial charge in [0.2, 0.25) is 0 Å². The van der Waals surface area contributed by atoms with E-state index in [-0.39, 0.29) is 0 Å². The van der Waals surface area contributed by atoms with Crippen molar-refractivity contribution in [1.29, 1.82) is 0 Å². The first-order valence-electron chi connectivity index (χ1n) is 11.6. The van der Waals surface area contributed by atoms with Gasteiger partial charge in [0, 0.05) is 51.9 Å². The summed E-state index contributed by atoms with van der Waals surface area (Å²) >= 11 is 0. The van der Waals surface area contributed by atoms with Crippen LogP contribution in [0, 0.1) is 22.7 Å². The van der Waals surface area contributed by atoms with Crippen molar-refractivity contribution in [3.8, 4) is 0 Å². The molecule has 0 unspecified atom stereocenters. The Balaban J connectivity index is 1.17. The second-order valence-electron chi connectivity index (χ2n) is 11.3. The van der Waals surface area contributed by atoms with E-state index >= 15 is 0 Å². The fraction of sp³-hybridized carbons (Fsp3) is 1.00. The van der Waals surface area contributed by atoms with Crippen LogP contribution in [0.25, 0.3) is 0 Å². The SMILES string of the molecule is CC(C)CC1(CN2CC[C@]3(C2)C[C@H](CN2CCN(C(C)C)CC2)C3)CC1. The van der Waals surface area contributed by atoms with Gasteiger partial charge >= 0.3 is 0 Å². The van der Waals surface area contributed by atoms with Crippen LogP contribution in [-0.2, 0) is 0 Å². The minimum atomic E-state index is 0.721. The van der Waals surface area contributed by atoms with Gasteiger partial charge in [0.25, 0.3) is 0 Å². The lowest BCUT2D eigenvalue weighted by molar-refractivity contribution is 0.0177. The third kappa shape index (κ3) is 4.31. The fourth-order valence-corrected chi connectivity index (χ4v) is 6.56. The molecule has 3 nitrogen and oxygen atoms in total. The van der Waals surface area contributed by atoms with Crippen molar-refractivity contribution in [1.82, 2.24) is 14.7 Å². The highest BCUT2D eigenvalue weighted by molar-refractivity contribution is 5.04. The molecule has 0 radical (unpaired) electrons. The van der Waals surface area contributed by atoms with Gasteiger partial charge < -0.3 is 9.80 Å². The number of piperazine rings is 1. The zero-order chi connectivity index (χ0) is 18.4. The molecule has 0 bridgehead atoms. The van der Waals surface area contributed by atoms with E-state index in [1.807, 2.05) is 0 Å². The maximum atomic E-state index is 2.85. The van der Waals surface area contributed by atoms with Crippen LogP contribution in [0.4, 0.5) is 0 Å². The fourth-order valence-electron chi connectivity index (χ4n) is 6.56. The van der Waals surface area contributed by atoms with Crippen molar-refractivity contribution >= 4 is 0 Å². The third-order valence-electron chi connectivity index (χ3n) is 7.97. The molecule has 0 aromatic carbocycles. The zero-order valence-corrected chi connectivity index (χ0v) is 18.0. The van der Waals surface area contributed by atoms with Gasteiger partial charge in [-0.25, -0.2) is 0 Å². The Morgan fingerprint density at radius 1 is 0.846 bits per heavy atom. The summed E-state index contributed by atoms with van der Waals surface area (Å²) in [6.07, 6.45) is 8.99. The molecule has 4 rings (SSSR count). The van der Waals surface area contributed by atoms with Crippen molar-refractivity contribution < 1.29 is 0 Å². The first kappa shape index (κ1) is 19.2. The molecule has 0 atom stereocenters. The summed E-state index contributed by atoms with van der Waals surface area (Å²) in [6, 6.07) is 0.721. The van der Waals surface area contributed by atoms with Gasteiger partial charge in [-0.1, -0.05) is 13.8 Å². The minimum Gasteiger partial charge on any atom is -0.302 e. The Hall–Kier alpha value is -0.120. The first-order valence-corrected chi connectivity index (χ1v) is 11.6. The molecule has 26 heavy (non-hydrogen) atoms. The van der Waals surface area contributed by atoms with Gasteiger partial charge in [-0.2, -0.15) is 0 Å². The van der Waals surface area contributed by atoms with E-state index < -0.39 is 0 Å². The molecule has 2 heterocycles. The van der Waals surface area contributed by atoms with Gasteiger partial charge in [0.1, 0.15) is 0 Å². The van der Waals surface area contributed by atoms with E-state index in [0.29, 0.717) is 0 Å². The lowest BCUT2D eigenvalue weighted by atomic mass is 9.61. The molecule has 4 aliphatic rings. The van der Waals surface area contributed by atoms with Crippen molar-refractivity contribution in [2.24, 2.45) is 22.7 Å². The molecular formula is C23H43N3. The monoisotopic (exact) mass is 361 g/mol. The number of likely N-dealkylation sites (tertiary alicyclic amines) is 1. The minimum absolute atomic E-state index is 0.721.